The Morgan fingerprint density at radius 1 is 1.30 bits per heavy atom. The van der Waals surface area contributed by atoms with E-state index in [4.69, 9.17) is 4.42 Å². The van der Waals surface area contributed by atoms with Crippen molar-refractivity contribution < 1.29 is 4.42 Å². The maximum Gasteiger partial charge on any atom is 0.143 e. The molecule has 0 bridgehead atoms. The molecule has 3 rings (SSSR count). The molecule has 1 atom stereocenters. The highest BCUT2D eigenvalue weighted by Crippen LogP contribution is 2.25. The van der Waals surface area contributed by atoms with Gasteiger partial charge in [-0.3, -0.25) is 0 Å². The number of nitrogens with zero attached hydrogens (tertiary/aromatic N) is 3. The van der Waals surface area contributed by atoms with Crippen LogP contribution in [0.1, 0.15) is 17.6 Å². The van der Waals surface area contributed by atoms with Gasteiger partial charge in [0.25, 0.3) is 0 Å². The van der Waals surface area contributed by atoms with Gasteiger partial charge in [-0.05, 0) is 40.2 Å². The fraction of sp³-hybridized carbons (Fsp3) is 0.143. The number of pyridine rings is 1. The highest BCUT2D eigenvalue weighted by Gasteiger charge is 2.20. The monoisotopic (exact) mass is 332 g/mol. The number of aryl methyl sites for hydroxylation is 1. The summed E-state index contributed by atoms with van der Waals surface area (Å²) in [5.74, 6) is 1.69. The largest absolute Gasteiger partial charge is 0.467 e. The fourth-order valence-electron chi connectivity index (χ4n) is 2.00. The molecule has 0 amide bonds. The fourth-order valence-corrected chi connectivity index (χ4v) is 2.24. The first-order valence-electron chi connectivity index (χ1n) is 6.13. The van der Waals surface area contributed by atoms with Crippen LogP contribution in [-0.2, 0) is 7.05 Å². The van der Waals surface area contributed by atoms with Gasteiger partial charge in [0.1, 0.15) is 22.2 Å². The van der Waals surface area contributed by atoms with Gasteiger partial charge in [0.15, 0.2) is 0 Å². The van der Waals surface area contributed by atoms with Crippen molar-refractivity contribution in [3.05, 3.63) is 65.3 Å². The van der Waals surface area contributed by atoms with Crippen LogP contribution < -0.4 is 5.32 Å². The molecular weight excluding hydrogens is 320 g/mol. The van der Waals surface area contributed by atoms with E-state index in [1.54, 1.807) is 18.7 Å². The summed E-state index contributed by atoms with van der Waals surface area (Å²) in [6.07, 6.45) is 7.11. The van der Waals surface area contributed by atoms with E-state index in [-0.39, 0.29) is 6.04 Å². The van der Waals surface area contributed by atoms with E-state index < -0.39 is 0 Å². The number of nitrogens with one attached hydrogen (secondary N) is 1. The van der Waals surface area contributed by atoms with Crippen LogP contribution in [0.4, 0.5) is 5.69 Å². The van der Waals surface area contributed by atoms with E-state index in [0.717, 1.165) is 21.9 Å². The van der Waals surface area contributed by atoms with E-state index in [0.29, 0.717) is 0 Å². The summed E-state index contributed by atoms with van der Waals surface area (Å²) in [4.78, 5) is 8.61. The van der Waals surface area contributed by atoms with Gasteiger partial charge in [-0.15, -0.1) is 0 Å². The third-order valence-corrected chi connectivity index (χ3v) is 3.45. The normalized spacial score (nSPS) is 12.3. The molecule has 6 heteroatoms. The van der Waals surface area contributed by atoms with Crippen molar-refractivity contribution in [1.82, 2.24) is 14.5 Å². The Morgan fingerprint density at radius 3 is 2.80 bits per heavy atom. The van der Waals surface area contributed by atoms with Crippen LogP contribution in [0.15, 0.2) is 58.1 Å². The summed E-state index contributed by atoms with van der Waals surface area (Å²) in [5.41, 5.74) is 0.901. The zero-order valence-corrected chi connectivity index (χ0v) is 12.4. The van der Waals surface area contributed by atoms with Crippen molar-refractivity contribution in [1.29, 1.82) is 0 Å². The highest BCUT2D eigenvalue weighted by atomic mass is 79.9. The Kier molecular flexibility index (Phi) is 3.56. The van der Waals surface area contributed by atoms with Crippen LogP contribution in [0.2, 0.25) is 0 Å². The average Bonchev–Trinajstić information content (AvgIpc) is 3.10. The van der Waals surface area contributed by atoms with Gasteiger partial charge in [-0.1, -0.05) is 0 Å². The van der Waals surface area contributed by atoms with E-state index in [2.05, 4.69) is 31.2 Å². The Hall–Kier alpha value is -2.08. The molecule has 0 saturated carbocycles. The topological polar surface area (TPSA) is 55.9 Å². The van der Waals surface area contributed by atoms with Gasteiger partial charge in [0.05, 0.1) is 18.1 Å². The maximum absolute atomic E-state index is 5.52. The summed E-state index contributed by atoms with van der Waals surface area (Å²) in [5, 5.41) is 3.39. The molecule has 0 saturated heterocycles. The van der Waals surface area contributed by atoms with Crippen molar-refractivity contribution in [3.63, 3.8) is 0 Å². The first-order chi connectivity index (χ1) is 9.74. The molecule has 3 aromatic rings. The van der Waals surface area contributed by atoms with Gasteiger partial charge in [0, 0.05) is 19.4 Å². The van der Waals surface area contributed by atoms with Crippen molar-refractivity contribution in [2.24, 2.45) is 7.05 Å². The SMILES string of the molecule is Cn1ccnc1C(Nc1ccc(Br)nc1)c1ccco1. The number of furan rings is 1. The molecule has 0 spiro atoms. The molecule has 0 radical (unpaired) electrons. The molecule has 5 nitrogen and oxygen atoms in total. The summed E-state index contributed by atoms with van der Waals surface area (Å²) >= 11 is 3.33. The van der Waals surface area contributed by atoms with Crippen molar-refractivity contribution in [2.75, 3.05) is 5.32 Å². The Bertz CT molecular complexity index is 676. The maximum atomic E-state index is 5.52. The second-order valence-electron chi connectivity index (χ2n) is 4.36. The quantitative estimate of drug-likeness (QED) is 0.744. The average molecular weight is 333 g/mol. The second kappa shape index (κ2) is 5.50. The molecule has 3 heterocycles. The number of imidazole rings is 1. The summed E-state index contributed by atoms with van der Waals surface area (Å²) in [6.45, 7) is 0. The van der Waals surface area contributed by atoms with E-state index in [1.165, 1.54) is 0 Å². The minimum atomic E-state index is -0.159. The van der Waals surface area contributed by atoms with Crippen LogP contribution in [0.5, 0.6) is 0 Å². The lowest BCUT2D eigenvalue weighted by atomic mass is 10.2. The molecule has 20 heavy (non-hydrogen) atoms. The van der Waals surface area contributed by atoms with Crippen molar-refractivity contribution >= 4 is 21.6 Å². The third-order valence-electron chi connectivity index (χ3n) is 2.98. The van der Waals surface area contributed by atoms with Gasteiger partial charge >= 0.3 is 0 Å². The third kappa shape index (κ3) is 2.60. The lowest BCUT2D eigenvalue weighted by Gasteiger charge is -2.17. The Morgan fingerprint density at radius 2 is 2.20 bits per heavy atom. The van der Waals surface area contributed by atoms with Gasteiger partial charge in [-0.25, -0.2) is 9.97 Å². The standard InChI is InChI=1S/C14H13BrN4O/c1-19-7-6-16-14(19)13(11-3-2-8-20-11)18-10-4-5-12(15)17-9-10/h2-9,13,18H,1H3. The van der Waals surface area contributed by atoms with Crippen LogP contribution in [-0.4, -0.2) is 14.5 Å². The lowest BCUT2D eigenvalue weighted by Crippen LogP contribution is -2.16. The second-order valence-corrected chi connectivity index (χ2v) is 5.17. The Labute approximate surface area is 124 Å². The summed E-state index contributed by atoms with van der Waals surface area (Å²) in [7, 11) is 1.96. The number of rotatable bonds is 4. The number of anilines is 1. The summed E-state index contributed by atoms with van der Waals surface area (Å²) in [6, 6.07) is 7.48. The molecule has 0 aliphatic heterocycles. The lowest BCUT2D eigenvalue weighted by molar-refractivity contribution is 0.488. The van der Waals surface area contributed by atoms with E-state index in [1.807, 2.05) is 42.1 Å². The molecule has 1 unspecified atom stereocenters. The van der Waals surface area contributed by atoms with E-state index >= 15 is 0 Å². The highest BCUT2D eigenvalue weighted by molar-refractivity contribution is 9.10. The zero-order valence-electron chi connectivity index (χ0n) is 10.8. The van der Waals surface area contributed by atoms with E-state index in [9.17, 15) is 0 Å². The minimum Gasteiger partial charge on any atom is -0.467 e. The van der Waals surface area contributed by atoms with Gasteiger partial charge in [0.2, 0.25) is 0 Å². The van der Waals surface area contributed by atoms with Crippen LogP contribution >= 0.6 is 15.9 Å². The van der Waals surface area contributed by atoms with Crippen LogP contribution in [0, 0.1) is 0 Å². The number of halogens is 1. The first kappa shape index (κ1) is 12.9. The summed E-state index contributed by atoms with van der Waals surface area (Å²) < 4.78 is 8.29. The molecular formula is C14H13BrN4O. The number of aromatic nitrogens is 3. The molecule has 1 N–H and O–H groups in total. The molecule has 0 aliphatic rings. The molecule has 0 fully saturated rings. The van der Waals surface area contributed by atoms with Crippen LogP contribution in [0.25, 0.3) is 0 Å². The van der Waals surface area contributed by atoms with Crippen LogP contribution in [0.3, 0.4) is 0 Å². The molecule has 0 aromatic carbocycles. The molecule has 0 aliphatic carbocycles. The van der Waals surface area contributed by atoms with Crippen molar-refractivity contribution in [3.8, 4) is 0 Å². The minimum absolute atomic E-state index is 0.159. The predicted octanol–water partition coefficient (Wildman–Crippen LogP) is 3.37. The smallest absolute Gasteiger partial charge is 0.143 e. The predicted molar refractivity (Wildman–Crippen MR) is 79.3 cm³/mol. The first-order valence-corrected chi connectivity index (χ1v) is 6.92. The van der Waals surface area contributed by atoms with Gasteiger partial charge < -0.3 is 14.3 Å². The number of hydrogen-bond donors (Lipinski definition) is 1. The van der Waals surface area contributed by atoms with Crippen molar-refractivity contribution in [2.45, 2.75) is 6.04 Å². The zero-order chi connectivity index (χ0) is 13.9. The molecule has 3 aromatic heterocycles. The van der Waals surface area contributed by atoms with Gasteiger partial charge in [-0.2, -0.15) is 0 Å². The Balaban J connectivity index is 1.94. The molecule has 102 valence electrons. The number of hydrogen-bond acceptors (Lipinski definition) is 4.